The number of hydrogen-bond acceptors (Lipinski definition) is 4. The number of fused-ring (bicyclic) bond motifs is 5. The summed E-state index contributed by atoms with van der Waals surface area (Å²) in [6.45, 7) is 26.0. The molecule has 4 aromatic rings. The molecule has 2 atom stereocenters. The van der Waals surface area contributed by atoms with E-state index in [2.05, 4.69) is 118 Å². The minimum Gasteiger partial charge on any atom is -0.339 e. The second-order valence-corrected chi connectivity index (χ2v) is 11.2. The lowest BCUT2D eigenvalue weighted by Crippen LogP contribution is -1.99. The second kappa shape index (κ2) is 22.3. The van der Waals surface area contributed by atoms with Crippen LogP contribution in [0.1, 0.15) is 25.7 Å². The molecular formula is C30H40Br2N2O6P2+2. The first-order valence-corrected chi connectivity index (χ1v) is 16.7. The summed E-state index contributed by atoms with van der Waals surface area (Å²) in [5, 5.41) is 2.28. The van der Waals surface area contributed by atoms with Gasteiger partial charge in [-0.15, -0.1) is 71.5 Å². The molecule has 0 radical (unpaired) electrons. The van der Waals surface area contributed by atoms with E-state index in [4.69, 9.17) is 18.8 Å². The third-order valence-electron chi connectivity index (χ3n) is 5.73. The lowest BCUT2D eigenvalue weighted by Gasteiger charge is -2.09. The van der Waals surface area contributed by atoms with Gasteiger partial charge in [-0.05, 0) is 62.1 Å². The van der Waals surface area contributed by atoms with E-state index in [0.717, 1.165) is 67.7 Å². The van der Waals surface area contributed by atoms with Crippen LogP contribution in [0, 0.1) is 0 Å². The van der Waals surface area contributed by atoms with Crippen molar-refractivity contribution in [1.29, 1.82) is 0 Å². The molecule has 2 heterocycles. The Labute approximate surface area is 267 Å². The molecule has 0 aliphatic carbocycles. The number of unbranched alkanes of at least 4 members (excludes halogenated alkanes) is 2. The van der Waals surface area contributed by atoms with Gasteiger partial charge in [0.1, 0.15) is 13.2 Å². The summed E-state index contributed by atoms with van der Waals surface area (Å²) >= 11 is 7.24. The number of aromatic nitrogens is 2. The van der Waals surface area contributed by atoms with E-state index in [0.29, 0.717) is 12.8 Å². The summed E-state index contributed by atoms with van der Waals surface area (Å²) in [7, 11) is -5.14. The number of hydrogen-bond donors (Lipinski definition) is 2. The van der Waals surface area contributed by atoms with Gasteiger partial charge in [0.2, 0.25) is 0 Å². The van der Waals surface area contributed by atoms with Crippen molar-refractivity contribution in [2.45, 2.75) is 38.8 Å². The third-order valence-corrected chi connectivity index (χ3v) is 7.52. The Bertz CT molecular complexity index is 1330. The Hall–Kier alpha value is -2.26. The number of aryl methyl sites for hydroxylation is 2. The Morgan fingerprint density at radius 2 is 0.952 bits per heavy atom. The van der Waals surface area contributed by atoms with Crippen LogP contribution in [-0.4, -0.2) is 32.1 Å². The van der Waals surface area contributed by atoms with Crippen molar-refractivity contribution >= 4 is 81.2 Å². The van der Waals surface area contributed by atoms with Crippen LogP contribution < -0.4 is 0 Å². The normalized spacial score (nSPS) is 10.8. The number of nitrogens with zero attached hydrogens (tertiary/aromatic N) is 2. The van der Waals surface area contributed by atoms with E-state index in [1.807, 2.05) is 12.1 Å². The van der Waals surface area contributed by atoms with E-state index >= 15 is 0 Å². The summed E-state index contributed by atoms with van der Waals surface area (Å²) in [4.78, 5) is 17.7. The molecule has 0 saturated carbocycles. The van der Waals surface area contributed by atoms with Gasteiger partial charge in [0.15, 0.2) is 0 Å². The zero-order chi connectivity index (χ0) is 32.2. The Kier molecular flexibility index (Phi) is 21.1. The Morgan fingerprint density at radius 1 is 0.619 bits per heavy atom. The quantitative estimate of drug-likeness (QED) is 0.0850. The molecule has 0 aliphatic rings. The maximum atomic E-state index is 10.8. The van der Waals surface area contributed by atoms with E-state index in [9.17, 15) is 9.13 Å². The van der Waals surface area contributed by atoms with E-state index in [-0.39, 0.29) is 13.2 Å². The maximum Gasteiger partial charge on any atom is 0.694 e. The largest absolute Gasteiger partial charge is 0.694 e. The van der Waals surface area contributed by atoms with Crippen molar-refractivity contribution in [2.75, 3.05) is 13.2 Å². The molecule has 0 saturated heterocycles. The number of benzene rings is 2. The predicted molar refractivity (Wildman–Crippen MR) is 185 cm³/mol. The molecule has 2 aromatic heterocycles. The molecule has 228 valence electrons. The van der Waals surface area contributed by atoms with Gasteiger partial charge in [-0.2, -0.15) is 0 Å². The lowest BCUT2D eigenvalue weighted by molar-refractivity contribution is 0.272. The smallest absolute Gasteiger partial charge is 0.339 e. The van der Waals surface area contributed by atoms with E-state index in [1.54, 1.807) is 0 Å². The van der Waals surface area contributed by atoms with Crippen molar-refractivity contribution in [3.05, 3.63) is 98.0 Å². The highest BCUT2D eigenvalue weighted by Crippen LogP contribution is 2.39. The zero-order valence-corrected chi connectivity index (χ0v) is 28.8. The lowest BCUT2D eigenvalue weighted by atomic mass is 10.2. The molecule has 2 N–H and O–H groups in total. The van der Waals surface area contributed by atoms with Crippen molar-refractivity contribution in [3.63, 3.8) is 0 Å². The van der Waals surface area contributed by atoms with Crippen LogP contribution in [0.3, 0.4) is 0 Å². The van der Waals surface area contributed by atoms with E-state index < -0.39 is 16.5 Å². The van der Waals surface area contributed by atoms with Crippen LogP contribution in [0.15, 0.2) is 98.0 Å². The SMILES string of the molecule is C=C.C=C.C=C.C=C.O=[P+](O)OCCCCn1c2ccc(Br)cc2c2c1c1cc(Br)ccc1n2CCCCO[P+](=O)O. The molecule has 2 aromatic carbocycles. The third kappa shape index (κ3) is 11.1. The summed E-state index contributed by atoms with van der Waals surface area (Å²) < 4.78 is 37.8. The van der Waals surface area contributed by atoms with Gasteiger partial charge in [-0.1, -0.05) is 31.9 Å². The maximum absolute atomic E-state index is 10.8. The summed E-state index contributed by atoms with van der Waals surface area (Å²) in [6.07, 6.45) is 2.95. The second-order valence-electron chi connectivity index (χ2n) is 7.88. The average Bonchev–Trinajstić information content (AvgIpc) is 3.48. The fourth-order valence-electron chi connectivity index (χ4n) is 4.40. The first kappa shape index (κ1) is 39.7. The monoisotopic (exact) mass is 744 g/mol. The van der Waals surface area contributed by atoms with Gasteiger partial charge in [0.25, 0.3) is 0 Å². The molecule has 12 heteroatoms. The standard InChI is InChI=1S/C22H22Br2N2O6P2.4C2H4/c23-15-5-7-19-17(13-15)22-21(25(19)9-1-3-11-31-33(27)28)18-14-16(24)6-8-20(18)26(22)10-2-4-12-32-34(29)30;4*1-2/h5-8,13-14H,1-4,9-12H2;4*1-2H2/p+2. The molecule has 42 heavy (non-hydrogen) atoms. The van der Waals surface area contributed by atoms with Gasteiger partial charge in [0, 0.05) is 41.9 Å². The van der Waals surface area contributed by atoms with Crippen molar-refractivity contribution in [3.8, 4) is 0 Å². The molecule has 0 amide bonds. The summed E-state index contributed by atoms with van der Waals surface area (Å²) in [5.41, 5.74) is 4.54. The number of rotatable bonds is 12. The Morgan fingerprint density at radius 3 is 1.26 bits per heavy atom. The van der Waals surface area contributed by atoms with Crippen LogP contribution in [0.25, 0.3) is 32.8 Å². The first-order chi connectivity index (χ1) is 20.4. The van der Waals surface area contributed by atoms with Crippen molar-refractivity contribution in [2.24, 2.45) is 0 Å². The van der Waals surface area contributed by atoms with Crippen LogP contribution in [0.4, 0.5) is 0 Å². The fourth-order valence-corrected chi connectivity index (χ4v) is 5.70. The van der Waals surface area contributed by atoms with Crippen LogP contribution in [0.2, 0.25) is 0 Å². The van der Waals surface area contributed by atoms with Gasteiger partial charge in [-0.3, -0.25) is 0 Å². The van der Waals surface area contributed by atoms with Gasteiger partial charge < -0.3 is 9.13 Å². The topological polar surface area (TPSA) is 103 Å². The van der Waals surface area contributed by atoms with Gasteiger partial charge >= 0.3 is 16.5 Å². The molecule has 4 rings (SSSR count). The molecule has 0 aliphatic heterocycles. The van der Waals surface area contributed by atoms with Gasteiger partial charge in [0.05, 0.1) is 22.1 Å². The molecule has 2 unspecified atom stereocenters. The summed E-state index contributed by atoms with van der Waals surface area (Å²) in [6, 6.07) is 12.6. The first-order valence-electron chi connectivity index (χ1n) is 12.8. The van der Waals surface area contributed by atoms with Crippen molar-refractivity contribution in [1.82, 2.24) is 9.13 Å². The molecular weight excluding hydrogens is 706 g/mol. The highest BCUT2D eigenvalue weighted by Gasteiger charge is 2.21. The minimum absolute atomic E-state index is 0.244. The van der Waals surface area contributed by atoms with Crippen LogP contribution in [0.5, 0.6) is 0 Å². The molecule has 0 fully saturated rings. The molecule has 8 nitrogen and oxygen atoms in total. The highest BCUT2D eigenvalue weighted by atomic mass is 79.9. The minimum atomic E-state index is -2.57. The summed E-state index contributed by atoms with van der Waals surface area (Å²) in [5.74, 6) is 0. The zero-order valence-electron chi connectivity index (χ0n) is 23.9. The van der Waals surface area contributed by atoms with Crippen LogP contribution in [-0.2, 0) is 31.3 Å². The highest BCUT2D eigenvalue weighted by molar-refractivity contribution is 9.10. The van der Waals surface area contributed by atoms with Crippen LogP contribution >= 0.6 is 48.4 Å². The fraction of sp³-hybridized carbons (Fsp3) is 0.267. The van der Waals surface area contributed by atoms with Crippen molar-refractivity contribution < 1.29 is 28.0 Å². The van der Waals surface area contributed by atoms with Gasteiger partial charge in [-0.25, -0.2) is 0 Å². The molecule has 0 bridgehead atoms. The number of halogens is 2. The molecule has 0 spiro atoms. The van der Waals surface area contributed by atoms with E-state index in [1.165, 1.54) is 0 Å². The predicted octanol–water partition coefficient (Wildman–Crippen LogP) is 10.4. The Balaban J connectivity index is 0.00000194. The average molecular weight is 746 g/mol.